The highest BCUT2D eigenvalue weighted by Crippen LogP contribution is 2.16. The Morgan fingerprint density at radius 3 is 2.27 bits per heavy atom. The number of carbonyl (C=O) groups excluding carboxylic acids is 1. The van der Waals surface area contributed by atoms with E-state index in [0.717, 1.165) is 6.54 Å². The van der Waals surface area contributed by atoms with E-state index in [4.69, 9.17) is 0 Å². The molecule has 1 rings (SSSR count). The topological polar surface area (TPSA) is 23.6 Å². The molecule has 64 valence electrons. The van der Waals surface area contributed by atoms with Crippen molar-refractivity contribution in [2.24, 2.45) is 0 Å². The molecule has 3 heteroatoms. The zero-order valence-electron chi connectivity index (χ0n) is 7.66. The smallest absolute Gasteiger partial charge is 0.320 e. The molecule has 2 amide bonds. The molecule has 0 spiro atoms. The normalized spacial score (nSPS) is 25.5. The summed E-state index contributed by atoms with van der Waals surface area (Å²) in [6.07, 6.45) is 0. The van der Waals surface area contributed by atoms with Gasteiger partial charge in [-0.3, -0.25) is 0 Å². The van der Waals surface area contributed by atoms with Crippen LogP contribution < -0.4 is 0 Å². The predicted octanol–water partition coefficient (Wildman–Crippen LogP) is 1.15. The first-order chi connectivity index (χ1) is 5.04. The average molecular weight is 156 g/mol. The largest absolute Gasteiger partial charge is 0.326 e. The van der Waals surface area contributed by atoms with Gasteiger partial charge in [0.25, 0.3) is 0 Å². The van der Waals surface area contributed by atoms with Gasteiger partial charge < -0.3 is 9.80 Å². The highest BCUT2D eigenvalue weighted by atomic mass is 16.2. The fourth-order valence-corrected chi connectivity index (χ4v) is 1.68. The molecule has 1 unspecified atom stereocenters. The molecule has 3 nitrogen and oxygen atoms in total. The first kappa shape index (κ1) is 8.37. The van der Waals surface area contributed by atoms with Crippen molar-refractivity contribution >= 4 is 6.03 Å². The summed E-state index contributed by atoms with van der Waals surface area (Å²) in [4.78, 5) is 15.1. The van der Waals surface area contributed by atoms with Crippen LogP contribution in [0, 0.1) is 0 Å². The van der Waals surface area contributed by atoms with Crippen molar-refractivity contribution < 1.29 is 4.79 Å². The van der Waals surface area contributed by atoms with E-state index in [-0.39, 0.29) is 6.03 Å². The van der Waals surface area contributed by atoms with Gasteiger partial charge in [-0.25, -0.2) is 4.79 Å². The van der Waals surface area contributed by atoms with Gasteiger partial charge in [0.05, 0.1) is 0 Å². The molecular weight excluding hydrogens is 140 g/mol. The Bertz CT molecular complexity index is 167. The Hall–Kier alpha value is -0.730. The zero-order valence-corrected chi connectivity index (χ0v) is 7.66. The number of hydrogen-bond acceptors (Lipinski definition) is 1. The van der Waals surface area contributed by atoms with Gasteiger partial charge in [0, 0.05) is 25.7 Å². The lowest BCUT2D eigenvalue weighted by atomic mass is 10.2. The van der Waals surface area contributed by atoms with Crippen LogP contribution in [0.1, 0.15) is 20.8 Å². The van der Waals surface area contributed by atoms with E-state index in [1.165, 1.54) is 0 Å². The summed E-state index contributed by atoms with van der Waals surface area (Å²) < 4.78 is 0. The van der Waals surface area contributed by atoms with Gasteiger partial charge in [0.15, 0.2) is 0 Å². The van der Waals surface area contributed by atoms with Crippen molar-refractivity contribution in [3.63, 3.8) is 0 Å². The molecule has 1 fully saturated rings. The van der Waals surface area contributed by atoms with Gasteiger partial charge in [-0.05, 0) is 20.8 Å². The maximum Gasteiger partial charge on any atom is 0.320 e. The molecule has 0 bridgehead atoms. The lowest BCUT2D eigenvalue weighted by molar-refractivity contribution is 0.179. The molecule has 11 heavy (non-hydrogen) atoms. The SMILES string of the molecule is CC(C)N1C(=O)N(C)CC1C. The highest BCUT2D eigenvalue weighted by molar-refractivity contribution is 5.77. The van der Waals surface area contributed by atoms with Crippen molar-refractivity contribution in [3.05, 3.63) is 0 Å². The highest BCUT2D eigenvalue weighted by Gasteiger charge is 2.33. The van der Waals surface area contributed by atoms with Crippen LogP contribution in [0.25, 0.3) is 0 Å². The summed E-state index contributed by atoms with van der Waals surface area (Å²) in [7, 11) is 1.85. The number of amides is 2. The Labute approximate surface area is 68.0 Å². The number of nitrogens with zero attached hydrogens (tertiary/aromatic N) is 2. The Kier molecular flexibility index (Phi) is 2.07. The molecule has 1 aliphatic rings. The van der Waals surface area contributed by atoms with E-state index in [1.54, 1.807) is 4.90 Å². The molecule has 1 atom stereocenters. The monoisotopic (exact) mass is 156 g/mol. The van der Waals surface area contributed by atoms with E-state index < -0.39 is 0 Å². The minimum Gasteiger partial charge on any atom is -0.326 e. The van der Waals surface area contributed by atoms with E-state index >= 15 is 0 Å². The molecule has 0 N–H and O–H groups in total. The van der Waals surface area contributed by atoms with Crippen LogP contribution in [0.15, 0.2) is 0 Å². The Morgan fingerprint density at radius 1 is 1.55 bits per heavy atom. The van der Waals surface area contributed by atoms with Crippen molar-refractivity contribution in [1.29, 1.82) is 0 Å². The summed E-state index contributed by atoms with van der Waals surface area (Å²) in [5.74, 6) is 0. The maximum absolute atomic E-state index is 11.4. The van der Waals surface area contributed by atoms with Gasteiger partial charge in [0.1, 0.15) is 0 Å². The van der Waals surface area contributed by atoms with Crippen molar-refractivity contribution in [2.45, 2.75) is 32.9 Å². The molecule has 1 saturated heterocycles. The van der Waals surface area contributed by atoms with Gasteiger partial charge in [0.2, 0.25) is 0 Å². The van der Waals surface area contributed by atoms with E-state index in [2.05, 4.69) is 6.92 Å². The number of urea groups is 1. The number of rotatable bonds is 1. The van der Waals surface area contributed by atoms with Crippen LogP contribution in [0.3, 0.4) is 0 Å². The van der Waals surface area contributed by atoms with Crippen molar-refractivity contribution in [3.8, 4) is 0 Å². The first-order valence-corrected chi connectivity index (χ1v) is 4.07. The maximum atomic E-state index is 11.4. The molecule has 0 aromatic carbocycles. The molecule has 0 radical (unpaired) electrons. The molecule has 0 aliphatic carbocycles. The van der Waals surface area contributed by atoms with E-state index in [9.17, 15) is 4.79 Å². The van der Waals surface area contributed by atoms with Crippen LogP contribution in [-0.2, 0) is 0 Å². The fraction of sp³-hybridized carbons (Fsp3) is 0.875. The standard InChI is InChI=1S/C8H16N2O/c1-6(2)10-7(3)5-9(4)8(10)11/h6-7H,5H2,1-4H3. The second-order valence-corrected chi connectivity index (χ2v) is 3.51. The first-order valence-electron chi connectivity index (χ1n) is 4.07. The van der Waals surface area contributed by atoms with Crippen LogP contribution >= 0.6 is 0 Å². The molecular formula is C8H16N2O. The van der Waals surface area contributed by atoms with Crippen LogP contribution in [0.4, 0.5) is 4.79 Å². The number of carbonyl (C=O) groups is 1. The van der Waals surface area contributed by atoms with Crippen LogP contribution in [-0.4, -0.2) is 41.5 Å². The fourth-order valence-electron chi connectivity index (χ4n) is 1.68. The molecule has 0 aromatic rings. The average Bonchev–Trinajstić information content (AvgIpc) is 2.07. The lowest BCUT2D eigenvalue weighted by Crippen LogP contribution is -2.38. The number of likely N-dealkylation sites (N-methyl/N-ethyl adjacent to an activating group) is 1. The van der Waals surface area contributed by atoms with Crippen molar-refractivity contribution in [2.75, 3.05) is 13.6 Å². The molecule has 1 heterocycles. The molecule has 1 aliphatic heterocycles. The van der Waals surface area contributed by atoms with E-state index in [1.807, 2.05) is 25.8 Å². The van der Waals surface area contributed by atoms with Crippen molar-refractivity contribution in [1.82, 2.24) is 9.80 Å². The Balaban J connectivity index is 2.72. The van der Waals surface area contributed by atoms with Crippen LogP contribution in [0.5, 0.6) is 0 Å². The second kappa shape index (κ2) is 2.72. The minimum atomic E-state index is 0.160. The zero-order chi connectivity index (χ0) is 8.59. The third kappa shape index (κ3) is 1.32. The van der Waals surface area contributed by atoms with Gasteiger partial charge in [-0.1, -0.05) is 0 Å². The van der Waals surface area contributed by atoms with E-state index in [0.29, 0.717) is 12.1 Å². The lowest BCUT2D eigenvalue weighted by Gasteiger charge is -2.24. The molecule has 0 aromatic heterocycles. The minimum absolute atomic E-state index is 0.160. The van der Waals surface area contributed by atoms with Crippen LogP contribution in [0.2, 0.25) is 0 Å². The van der Waals surface area contributed by atoms with Gasteiger partial charge >= 0.3 is 6.03 Å². The summed E-state index contributed by atoms with van der Waals surface area (Å²) >= 11 is 0. The number of hydrogen-bond donors (Lipinski definition) is 0. The summed E-state index contributed by atoms with van der Waals surface area (Å²) in [6.45, 7) is 7.04. The van der Waals surface area contributed by atoms with Gasteiger partial charge in [-0.2, -0.15) is 0 Å². The summed E-state index contributed by atoms with van der Waals surface area (Å²) in [6, 6.07) is 0.849. The third-order valence-corrected chi connectivity index (χ3v) is 2.12. The summed E-state index contributed by atoms with van der Waals surface area (Å²) in [5, 5.41) is 0. The Morgan fingerprint density at radius 2 is 2.09 bits per heavy atom. The second-order valence-electron chi connectivity index (χ2n) is 3.51. The van der Waals surface area contributed by atoms with Gasteiger partial charge in [-0.15, -0.1) is 0 Å². The summed E-state index contributed by atoms with van der Waals surface area (Å²) in [5.41, 5.74) is 0. The third-order valence-electron chi connectivity index (χ3n) is 2.12. The quantitative estimate of drug-likeness (QED) is 0.558. The molecule has 0 saturated carbocycles. The predicted molar refractivity (Wildman–Crippen MR) is 44.5 cm³/mol.